The topological polar surface area (TPSA) is 0 Å². The molecule has 0 radical (unpaired) electrons. The molecule has 1 aromatic carbocycles. The van der Waals surface area contributed by atoms with Crippen molar-refractivity contribution in [3.8, 4) is 0 Å². The Bertz CT molecular complexity index is 283. The summed E-state index contributed by atoms with van der Waals surface area (Å²) < 4.78 is 1.25. The Morgan fingerprint density at radius 3 is 3.00 bits per heavy atom. The Balaban J connectivity index is 0.000000500. The van der Waals surface area contributed by atoms with Gasteiger partial charge in [-0.3, -0.25) is 0 Å². The maximum Gasteiger partial charge on any atom is 0 e. The minimum Gasteiger partial charge on any atom is -0.176 e. The Kier molecular flexibility index (Phi) is 1.38. The predicted molar refractivity (Wildman–Crippen MR) is 40.7 cm³/mol. The fourth-order valence-electron chi connectivity index (χ4n) is 0.843. The van der Waals surface area contributed by atoms with E-state index in [1.807, 2.05) is 12.1 Å². The molecule has 1 heterocycles. The molecule has 0 fully saturated rings. The second kappa shape index (κ2) is 2.19. The first-order chi connectivity index (χ1) is 4.47. The molecule has 0 aliphatic rings. The van der Waals surface area contributed by atoms with Crippen molar-refractivity contribution in [3.63, 3.8) is 0 Å². The van der Waals surface area contributed by atoms with Gasteiger partial charge in [0, 0.05) is 0 Å². The molecule has 10 heavy (non-hydrogen) atoms. The zero-order valence-corrected chi connectivity index (χ0v) is 12.7. The van der Waals surface area contributed by atoms with E-state index >= 15 is 0 Å². The Hall–Kier alpha value is -1.82. The SMILES string of the molecule is [Rf].[c-]1cccc2ccsc12. The molecule has 0 N–H and O–H groups in total. The van der Waals surface area contributed by atoms with Gasteiger partial charge in [-0.1, -0.05) is 10.8 Å². The first-order valence-corrected chi connectivity index (χ1v) is 3.69. The minimum atomic E-state index is 0. The third kappa shape index (κ3) is 0.720. The van der Waals surface area contributed by atoms with Gasteiger partial charge in [0.1, 0.15) is 0 Å². The first-order valence-electron chi connectivity index (χ1n) is 2.81. The normalized spacial score (nSPS) is 9.20. The van der Waals surface area contributed by atoms with Crippen LogP contribution in [0.1, 0.15) is 0 Å². The molecule has 2 rings (SSSR count). The van der Waals surface area contributed by atoms with Crippen molar-refractivity contribution in [3.05, 3.63) is 35.7 Å². The van der Waals surface area contributed by atoms with E-state index in [-0.39, 0.29) is 0 Å². The molecule has 2 heteroatoms. The average molecular weight is 400 g/mol. The minimum absolute atomic E-state index is 0. The molecule has 1 aromatic heterocycles. The molecule has 0 saturated heterocycles. The van der Waals surface area contributed by atoms with Crippen LogP contribution in [0.5, 0.6) is 0 Å². The second-order valence-electron chi connectivity index (χ2n) is 1.88. The van der Waals surface area contributed by atoms with E-state index in [2.05, 4.69) is 23.6 Å². The molecular weight excluding hydrogens is 395 g/mol. The maximum absolute atomic E-state index is 3.15. The van der Waals surface area contributed by atoms with E-state index in [4.69, 9.17) is 0 Å². The van der Waals surface area contributed by atoms with E-state index in [9.17, 15) is 0 Å². The third-order valence-electron chi connectivity index (χ3n) is 1.28. The molecule has 0 aliphatic heterocycles. The summed E-state index contributed by atoms with van der Waals surface area (Å²) >= 11 is 1.73. The van der Waals surface area contributed by atoms with Crippen molar-refractivity contribution in [2.45, 2.75) is 0 Å². The van der Waals surface area contributed by atoms with E-state index < -0.39 is 0 Å². The first kappa shape index (κ1) is 6.30. The van der Waals surface area contributed by atoms with Crippen molar-refractivity contribution in [2.24, 2.45) is 0 Å². The van der Waals surface area contributed by atoms with Crippen molar-refractivity contribution in [1.29, 1.82) is 0 Å². The number of thiophene rings is 1. The summed E-state index contributed by atoms with van der Waals surface area (Å²) in [5, 5.41) is 3.38. The van der Waals surface area contributed by atoms with E-state index in [1.54, 1.807) is 11.3 Å². The van der Waals surface area contributed by atoms with Gasteiger partial charge < -0.3 is 0 Å². The van der Waals surface area contributed by atoms with E-state index in [0.29, 0.717) is 0 Å². The largest absolute Gasteiger partial charge is 0.176 e. The summed E-state index contributed by atoms with van der Waals surface area (Å²) in [6, 6.07) is 11.3. The summed E-state index contributed by atoms with van der Waals surface area (Å²) in [5.74, 6) is 0. The molecule has 2 aromatic rings. The van der Waals surface area contributed by atoms with Gasteiger partial charge in [-0.2, -0.15) is 35.6 Å². The molecule has 0 aliphatic carbocycles. The smallest absolute Gasteiger partial charge is 0 e. The van der Waals surface area contributed by atoms with Gasteiger partial charge in [0.15, 0.2) is 0 Å². The molecule has 0 saturated carbocycles. The van der Waals surface area contributed by atoms with Gasteiger partial charge in [-0.25, -0.2) is 0 Å². The van der Waals surface area contributed by atoms with E-state index in [1.165, 1.54) is 10.1 Å². The number of rotatable bonds is 0. The Morgan fingerprint density at radius 2 is 2.20 bits per heavy atom. The van der Waals surface area contributed by atoms with Crippen molar-refractivity contribution < 1.29 is 0 Å². The summed E-state index contributed by atoms with van der Waals surface area (Å²) in [7, 11) is 0. The molecule has 0 atom stereocenters. The standard InChI is InChI=1S/C8H5S.Rf/c1-2-4-8-7(3-1)5-6-9-8;/h1-3,5-6H;/q-1;. The van der Waals surface area contributed by atoms with Crippen LogP contribution in [0.4, 0.5) is 0 Å². The molecule has 0 unspecified atom stereocenters. The molecular formula is C8H5RfS-. The molecule has 0 nitrogen and oxygen atoms in total. The van der Waals surface area contributed by atoms with Crippen LogP contribution in [-0.2, 0) is 0 Å². The van der Waals surface area contributed by atoms with Crippen molar-refractivity contribution in [2.75, 3.05) is 0 Å². The number of hydrogen-bond donors (Lipinski definition) is 0. The predicted octanol–water partition coefficient (Wildman–Crippen LogP) is 2.70. The zero-order chi connectivity index (χ0) is 6.10. The van der Waals surface area contributed by atoms with Gasteiger partial charge in [0.25, 0.3) is 0 Å². The van der Waals surface area contributed by atoms with Gasteiger partial charge >= 0.3 is 0 Å². The Labute approximate surface area is 57.8 Å². The third-order valence-corrected chi connectivity index (χ3v) is 2.14. The summed E-state index contributed by atoms with van der Waals surface area (Å²) in [6.45, 7) is 0. The molecule has 0 amide bonds. The average Bonchev–Trinajstić information content (AvgIpc) is 2.33. The van der Waals surface area contributed by atoms with Crippen molar-refractivity contribution in [1.82, 2.24) is 0 Å². The zero-order valence-electron chi connectivity index (χ0n) is 5.50. The summed E-state index contributed by atoms with van der Waals surface area (Å²) in [5.41, 5.74) is 0. The van der Waals surface area contributed by atoms with Crippen LogP contribution < -0.4 is 0 Å². The van der Waals surface area contributed by atoms with Gasteiger partial charge in [-0.15, -0.1) is 5.39 Å². The monoisotopic (exact) mass is 400 g/mol. The van der Waals surface area contributed by atoms with Crippen LogP contribution in [0.3, 0.4) is 0 Å². The van der Waals surface area contributed by atoms with Crippen molar-refractivity contribution >= 4 is 21.4 Å². The quantitative estimate of drug-likeness (QED) is 0.597. The van der Waals surface area contributed by atoms with E-state index in [0.717, 1.165) is 0 Å². The van der Waals surface area contributed by atoms with Crippen LogP contribution in [0, 0.1) is 6.07 Å². The second-order valence-corrected chi connectivity index (χ2v) is 2.79. The summed E-state index contributed by atoms with van der Waals surface area (Å²) in [4.78, 5) is 0. The van der Waals surface area contributed by atoms with Crippen LogP contribution in [0.15, 0.2) is 29.6 Å². The number of fused-ring (bicyclic) bond motifs is 1. The van der Waals surface area contributed by atoms with Crippen LogP contribution in [0.25, 0.3) is 10.1 Å². The summed E-state index contributed by atoms with van der Waals surface area (Å²) in [6.07, 6.45) is 0. The van der Waals surface area contributed by atoms with Crippen LogP contribution in [-0.4, -0.2) is 0 Å². The molecule has 46 valence electrons. The Morgan fingerprint density at radius 1 is 1.30 bits per heavy atom. The van der Waals surface area contributed by atoms with Crippen LogP contribution in [0.2, 0.25) is 0 Å². The fraction of sp³-hybridized carbons (Fsp3) is 0. The molecule has 0 spiro atoms. The van der Waals surface area contributed by atoms with Gasteiger partial charge in [0.2, 0.25) is 0 Å². The number of hydrogen-bond acceptors (Lipinski definition) is 1. The molecule has 0 bridgehead atoms. The fourth-order valence-corrected chi connectivity index (χ4v) is 1.60. The van der Waals surface area contributed by atoms with Gasteiger partial charge in [0.05, 0.1) is 0 Å². The van der Waals surface area contributed by atoms with Gasteiger partial charge in [-0.05, 0) is 5.38 Å². The number of benzene rings is 1. The maximum atomic E-state index is 3.15. The van der Waals surface area contributed by atoms with Crippen LogP contribution >= 0.6 is 11.3 Å².